The summed E-state index contributed by atoms with van der Waals surface area (Å²) in [6.07, 6.45) is 0. The van der Waals surface area contributed by atoms with Crippen LogP contribution in [0.25, 0.3) is 26.8 Å². The molecular formula is C21H18F2N4O2S. The molecule has 1 saturated heterocycles. The highest BCUT2D eigenvalue weighted by molar-refractivity contribution is 7.12. The van der Waals surface area contributed by atoms with E-state index < -0.39 is 22.6 Å². The van der Waals surface area contributed by atoms with Crippen molar-refractivity contribution in [1.29, 1.82) is 0 Å². The highest BCUT2D eigenvalue weighted by atomic mass is 32.1. The first-order valence-electron chi connectivity index (χ1n) is 9.58. The highest BCUT2D eigenvalue weighted by Crippen LogP contribution is 2.30. The summed E-state index contributed by atoms with van der Waals surface area (Å²) < 4.78 is 32.9. The Hall–Kier alpha value is -3.04. The summed E-state index contributed by atoms with van der Waals surface area (Å²) in [6, 6.07) is 8.81. The van der Waals surface area contributed by atoms with Crippen molar-refractivity contribution in [3.8, 4) is 5.69 Å². The predicted octanol–water partition coefficient (Wildman–Crippen LogP) is 2.97. The number of fused-ring (bicyclic) bond motifs is 2. The standard InChI is InChI=1S/C21H18F2N4O2S/c1-11-10-26(7-6-24-11)17-9-16-14(8-15(17)23)19(28)18-20(29)25-30-21(18)27(16)13-4-2-12(22)3-5-13/h2-5,8-9,11,24H,6-7,10H2,1H3,(H,25,29). The van der Waals surface area contributed by atoms with Gasteiger partial charge in [0.05, 0.1) is 16.6 Å². The van der Waals surface area contributed by atoms with Crippen LogP contribution in [0.4, 0.5) is 14.5 Å². The minimum Gasteiger partial charge on any atom is -0.366 e. The Morgan fingerprint density at radius 1 is 1.13 bits per heavy atom. The van der Waals surface area contributed by atoms with E-state index in [1.54, 1.807) is 22.8 Å². The van der Waals surface area contributed by atoms with Gasteiger partial charge in [-0.15, -0.1) is 0 Å². The van der Waals surface area contributed by atoms with Gasteiger partial charge in [-0.1, -0.05) is 0 Å². The van der Waals surface area contributed by atoms with E-state index in [-0.39, 0.29) is 16.8 Å². The van der Waals surface area contributed by atoms with E-state index in [0.29, 0.717) is 34.8 Å². The molecule has 1 fully saturated rings. The maximum Gasteiger partial charge on any atom is 0.271 e. The van der Waals surface area contributed by atoms with Gasteiger partial charge in [0, 0.05) is 31.4 Å². The van der Waals surface area contributed by atoms with Crippen LogP contribution in [-0.4, -0.2) is 34.6 Å². The number of nitrogens with zero attached hydrogens (tertiary/aromatic N) is 2. The molecule has 5 rings (SSSR count). The second kappa shape index (κ2) is 7.03. The molecule has 2 aromatic carbocycles. The highest BCUT2D eigenvalue weighted by Gasteiger charge is 2.23. The summed E-state index contributed by atoms with van der Waals surface area (Å²) in [6.45, 7) is 4.01. The Balaban J connectivity index is 1.87. The number of hydrogen-bond donors (Lipinski definition) is 2. The number of halogens is 2. The lowest BCUT2D eigenvalue weighted by Gasteiger charge is -2.34. The maximum atomic E-state index is 15.1. The van der Waals surface area contributed by atoms with E-state index in [2.05, 4.69) is 9.69 Å². The van der Waals surface area contributed by atoms with Gasteiger partial charge in [-0.05, 0) is 54.9 Å². The van der Waals surface area contributed by atoms with Crippen LogP contribution in [0.15, 0.2) is 46.0 Å². The fraction of sp³-hybridized carbons (Fsp3) is 0.238. The Labute approximate surface area is 173 Å². The molecule has 2 aromatic heterocycles. The van der Waals surface area contributed by atoms with Crippen LogP contribution >= 0.6 is 11.5 Å². The van der Waals surface area contributed by atoms with Crippen molar-refractivity contribution in [2.75, 3.05) is 24.5 Å². The number of nitrogens with one attached hydrogen (secondary N) is 2. The van der Waals surface area contributed by atoms with Crippen molar-refractivity contribution in [3.63, 3.8) is 0 Å². The SMILES string of the molecule is CC1CN(c2cc3c(cc2F)c(=O)c2c(=O)[nH]sc2n3-c2ccc(F)cc2)CCN1. The van der Waals surface area contributed by atoms with E-state index in [1.807, 2.05) is 11.8 Å². The molecule has 0 amide bonds. The van der Waals surface area contributed by atoms with E-state index in [1.165, 1.54) is 18.2 Å². The van der Waals surface area contributed by atoms with E-state index in [4.69, 9.17) is 0 Å². The smallest absolute Gasteiger partial charge is 0.271 e. The van der Waals surface area contributed by atoms with Crippen molar-refractivity contribution in [2.24, 2.45) is 0 Å². The van der Waals surface area contributed by atoms with E-state index >= 15 is 4.39 Å². The van der Waals surface area contributed by atoms with E-state index in [0.717, 1.165) is 18.1 Å². The largest absolute Gasteiger partial charge is 0.366 e. The van der Waals surface area contributed by atoms with Gasteiger partial charge in [-0.3, -0.25) is 18.5 Å². The zero-order valence-electron chi connectivity index (χ0n) is 16.0. The lowest BCUT2D eigenvalue weighted by atomic mass is 10.1. The van der Waals surface area contributed by atoms with Crippen LogP contribution in [0.3, 0.4) is 0 Å². The van der Waals surface area contributed by atoms with Crippen molar-refractivity contribution >= 4 is 38.3 Å². The third-order valence-electron chi connectivity index (χ3n) is 5.46. The number of H-pyrrole nitrogens is 1. The number of aromatic nitrogens is 2. The molecular weight excluding hydrogens is 410 g/mol. The molecule has 1 unspecified atom stereocenters. The molecule has 0 aliphatic carbocycles. The third kappa shape index (κ3) is 2.93. The van der Waals surface area contributed by atoms with Gasteiger partial charge in [0.25, 0.3) is 5.56 Å². The number of aromatic amines is 1. The van der Waals surface area contributed by atoms with Gasteiger partial charge in [0.2, 0.25) is 5.43 Å². The van der Waals surface area contributed by atoms with Gasteiger partial charge < -0.3 is 10.2 Å². The zero-order valence-corrected chi connectivity index (χ0v) is 16.9. The summed E-state index contributed by atoms with van der Waals surface area (Å²) in [5.41, 5.74) is 0.413. The van der Waals surface area contributed by atoms with Crippen LogP contribution < -0.4 is 21.2 Å². The van der Waals surface area contributed by atoms with Gasteiger partial charge >= 0.3 is 0 Å². The van der Waals surface area contributed by atoms with E-state index in [9.17, 15) is 14.0 Å². The molecule has 0 saturated carbocycles. The van der Waals surface area contributed by atoms with Gasteiger partial charge in [-0.2, -0.15) is 0 Å². The molecule has 2 N–H and O–H groups in total. The van der Waals surface area contributed by atoms with Crippen molar-refractivity contribution in [2.45, 2.75) is 13.0 Å². The number of anilines is 1. The summed E-state index contributed by atoms with van der Waals surface area (Å²) >= 11 is 1.03. The Bertz CT molecular complexity index is 1390. The third-order valence-corrected chi connectivity index (χ3v) is 6.32. The van der Waals surface area contributed by atoms with Gasteiger partial charge in [0.1, 0.15) is 21.9 Å². The molecule has 3 heterocycles. The summed E-state index contributed by atoms with van der Waals surface area (Å²) in [5.74, 6) is -0.908. The normalized spacial score (nSPS) is 17.2. The molecule has 1 aliphatic heterocycles. The van der Waals surface area contributed by atoms with Crippen molar-refractivity contribution in [3.05, 3.63) is 68.6 Å². The topological polar surface area (TPSA) is 70.1 Å². The predicted molar refractivity (Wildman–Crippen MR) is 115 cm³/mol. The molecule has 0 bridgehead atoms. The average molecular weight is 428 g/mol. The summed E-state index contributed by atoms with van der Waals surface area (Å²) in [4.78, 5) is 27.7. The molecule has 1 aliphatic rings. The van der Waals surface area contributed by atoms with Crippen molar-refractivity contribution in [1.82, 2.24) is 14.3 Å². The molecule has 0 radical (unpaired) electrons. The first kappa shape index (κ1) is 19.0. The Kier molecular flexibility index (Phi) is 4.44. The number of pyridine rings is 1. The van der Waals surface area contributed by atoms with Crippen LogP contribution in [0.1, 0.15) is 6.92 Å². The molecule has 154 valence electrons. The zero-order chi connectivity index (χ0) is 21.0. The second-order valence-electron chi connectivity index (χ2n) is 7.48. The molecule has 6 nitrogen and oxygen atoms in total. The Morgan fingerprint density at radius 2 is 1.90 bits per heavy atom. The monoisotopic (exact) mass is 428 g/mol. The Morgan fingerprint density at radius 3 is 2.63 bits per heavy atom. The minimum atomic E-state index is -0.516. The minimum absolute atomic E-state index is 0.0280. The van der Waals surface area contributed by atoms with Crippen LogP contribution in [0.2, 0.25) is 0 Å². The van der Waals surface area contributed by atoms with Crippen LogP contribution in [0, 0.1) is 11.6 Å². The second-order valence-corrected chi connectivity index (χ2v) is 8.27. The number of piperazine rings is 1. The number of hydrogen-bond acceptors (Lipinski definition) is 5. The van der Waals surface area contributed by atoms with Crippen LogP contribution in [-0.2, 0) is 0 Å². The van der Waals surface area contributed by atoms with Gasteiger partial charge in [-0.25, -0.2) is 8.78 Å². The first-order chi connectivity index (χ1) is 14.4. The molecule has 30 heavy (non-hydrogen) atoms. The lowest BCUT2D eigenvalue weighted by Crippen LogP contribution is -2.49. The van der Waals surface area contributed by atoms with Crippen molar-refractivity contribution < 1.29 is 8.78 Å². The summed E-state index contributed by atoms with van der Waals surface area (Å²) in [7, 11) is 0. The molecule has 0 spiro atoms. The average Bonchev–Trinajstić information content (AvgIpc) is 3.11. The fourth-order valence-electron chi connectivity index (χ4n) is 4.05. The van der Waals surface area contributed by atoms with Crippen LogP contribution in [0.5, 0.6) is 0 Å². The quantitative estimate of drug-likeness (QED) is 0.515. The summed E-state index contributed by atoms with van der Waals surface area (Å²) in [5, 5.41) is 3.41. The maximum absolute atomic E-state index is 15.1. The fourth-order valence-corrected chi connectivity index (χ4v) is 4.93. The van der Waals surface area contributed by atoms with Gasteiger partial charge in [0.15, 0.2) is 0 Å². The molecule has 1 atom stereocenters. The number of rotatable bonds is 2. The number of benzene rings is 2. The molecule has 4 aromatic rings. The molecule has 9 heteroatoms. The first-order valence-corrected chi connectivity index (χ1v) is 10.4. The lowest BCUT2D eigenvalue weighted by molar-refractivity contribution is 0.479.